The molecule has 0 unspecified atom stereocenters. The summed E-state index contributed by atoms with van der Waals surface area (Å²) in [5.41, 5.74) is -5.52. The molecule has 1 heterocycles. The van der Waals surface area contributed by atoms with Gasteiger partial charge in [-0.15, -0.1) is 0 Å². The van der Waals surface area contributed by atoms with E-state index in [1.807, 2.05) is 0 Å². The number of rotatable bonds is 2. The van der Waals surface area contributed by atoms with Crippen molar-refractivity contribution < 1.29 is 35.3 Å². The maximum atomic E-state index is 11.8. The van der Waals surface area contributed by atoms with E-state index in [4.69, 9.17) is 0 Å². The molecular weight excluding hydrogens is 241 g/mol. The number of carbonyl (C=O) groups is 1. The van der Waals surface area contributed by atoms with E-state index in [1.54, 1.807) is 0 Å². The van der Waals surface area contributed by atoms with Gasteiger partial charge in [0.15, 0.2) is 5.78 Å². The van der Waals surface area contributed by atoms with Gasteiger partial charge in [-0.1, -0.05) is 0 Å². The predicted molar refractivity (Wildman–Crippen MR) is 40.0 cm³/mol. The molecule has 0 spiro atoms. The van der Waals surface area contributed by atoms with Crippen molar-refractivity contribution in [2.45, 2.75) is 5.51 Å². The Bertz CT molecular complexity index is 393. The maximum Gasteiger partial charge on any atom is 0.534 e. The Morgan fingerprint density at radius 2 is 1.93 bits per heavy atom. The number of ether oxygens (including phenoxy) is 1. The van der Waals surface area contributed by atoms with Crippen molar-refractivity contribution in [2.75, 3.05) is 13.2 Å². The molecule has 15 heavy (non-hydrogen) atoms. The quantitative estimate of drug-likeness (QED) is 0.519. The Hall–Kier alpha value is -1.09. The molecule has 86 valence electrons. The molecule has 0 atom stereocenters. The van der Waals surface area contributed by atoms with E-state index < -0.39 is 33.8 Å². The molecule has 0 saturated heterocycles. The van der Waals surface area contributed by atoms with Gasteiger partial charge in [-0.3, -0.25) is 4.79 Å². The van der Waals surface area contributed by atoms with Crippen LogP contribution in [0.1, 0.15) is 0 Å². The van der Waals surface area contributed by atoms with E-state index in [2.05, 4.69) is 8.92 Å². The van der Waals surface area contributed by atoms with Gasteiger partial charge >= 0.3 is 15.6 Å². The highest BCUT2D eigenvalue weighted by molar-refractivity contribution is 7.87. The van der Waals surface area contributed by atoms with E-state index in [0.29, 0.717) is 6.08 Å². The summed E-state index contributed by atoms with van der Waals surface area (Å²) in [5, 5.41) is 0. The van der Waals surface area contributed by atoms with Crippen LogP contribution in [0, 0.1) is 0 Å². The van der Waals surface area contributed by atoms with Crippen molar-refractivity contribution in [1.29, 1.82) is 0 Å². The van der Waals surface area contributed by atoms with Crippen LogP contribution in [-0.4, -0.2) is 32.9 Å². The van der Waals surface area contributed by atoms with E-state index in [9.17, 15) is 26.4 Å². The standard InChI is InChI=1S/C6H5F3O5S/c7-6(8,9)15(11,12)14-5-1-4(10)2-13-3-5/h1H,2-3H2. The second-order valence-corrected chi connectivity index (χ2v) is 4.09. The Labute approximate surface area is 82.6 Å². The average Bonchev–Trinajstić information content (AvgIpc) is 2.00. The van der Waals surface area contributed by atoms with Gasteiger partial charge in [0.1, 0.15) is 19.0 Å². The minimum atomic E-state index is -5.72. The predicted octanol–water partition coefficient (Wildman–Crippen LogP) is 0.336. The summed E-state index contributed by atoms with van der Waals surface area (Å²) in [4.78, 5) is 10.7. The smallest absolute Gasteiger partial charge is 0.378 e. The first-order valence-corrected chi connectivity index (χ1v) is 4.95. The monoisotopic (exact) mass is 246 g/mol. The minimum Gasteiger partial charge on any atom is -0.378 e. The van der Waals surface area contributed by atoms with E-state index in [1.165, 1.54) is 0 Å². The number of alkyl halides is 3. The van der Waals surface area contributed by atoms with Crippen molar-refractivity contribution in [1.82, 2.24) is 0 Å². The third-order valence-electron chi connectivity index (χ3n) is 1.31. The molecule has 0 fully saturated rings. The number of halogens is 3. The molecule has 1 aliphatic rings. The maximum absolute atomic E-state index is 11.8. The summed E-state index contributed by atoms with van der Waals surface area (Å²) < 4.78 is 64.6. The molecule has 0 aromatic rings. The van der Waals surface area contributed by atoms with Gasteiger partial charge in [0.2, 0.25) is 0 Å². The van der Waals surface area contributed by atoms with Crippen molar-refractivity contribution in [3.8, 4) is 0 Å². The Morgan fingerprint density at radius 1 is 1.33 bits per heavy atom. The van der Waals surface area contributed by atoms with Crippen molar-refractivity contribution in [2.24, 2.45) is 0 Å². The summed E-state index contributed by atoms with van der Waals surface area (Å²) in [6, 6.07) is 0. The highest BCUT2D eigenvalue weighted by atomic mass is 32.2. The number of hydrogen-bond acceptors (Lipinski definition) is 5. The van der Waals surface area contributed by atoms with Gasteiger partial charge < -0.3 is 8.92 Å². The van der Waals surface area contributed by atoms with Crippen LogP contribution >= 0.6 is 0 Å². The van der Waals surface area contributed by atoms with Crippen molar-refractivity contribution >= 4 is 15.9 Å². The van der Waals surface area contributed by atoms with Gasteiger partial charge in [0.25, 0.3) is 0 Å². The van der Waals surface area contributed by atoms with Gasteiger partial charge in [-0.05, 0) is 0 Å². The fourth-order valence-corrected chi connectivity index (χ4v) is 1.22. The molecule has 0 N–H and O–H groups in total. The zero-order valence-electron chi connectivity index (χ0n) is 7.07. The number of ketones is 1. The largest absolute Gasteiger partial charge is 0.534 e. The molecule has 1 rings (SSSR count). The molecule has 0 saturated carbocycles. The summed E-state index contributed by atoms with van der Waals surface area (Å²) >= 11 is 0. The fraction of sp³-hybridized carbons (Fsp3) is 0.500. The van der Waals surface area contributed by atoms with Crippen LogP contribution in [0.15, 0.2) is 11.8 Å². The van der Waals surface area contributed by atoms with Gasteiger partial charge in [-0.25, -0.2) is 0 Å². The molecular formula is C6H5F3O5S. The highest BCUT2D eigenvalue weighted by Crippen LogP contribution is 2.26. The van der Waals surface area contributed by atoms with Crippen LogP contribution in [0.3, 0.4) is 0 Å². The minimum absolute atomic E-state index is 0.307. The average molecular weight is 246 g/mol. The Morgan fingerprint density at radius 3 is 2.40 bits per heavy atom. The van der Waals surface area contributed by atoms with Crippen LogP contribution in [-0.2, 0) is 23.8 Å². The molecule has 0 bridgehead atoms. The van der Waals surface area contributed by atoms with E-state index in [0.717, 1.165) is 0 Å². The van der Waals surface area contributed by atoms with Crippen LogP contribution < -0.4 is 0 Å². The second-order valence-electron chi connectivity index (χ2n) is 2.55. The first kappa shape index (κ1) is 12.0. The molecule has 9 heteroatoms. The lowest BCUT2D eigenvalue weighted by Crippen LogP contribution is -2.28. The van der Waals surface area contributed by atoms with Crippen molar-refractivity contribution in [3.05, 3.63) is 11.8 Å². The normalized spacial score (nSPS) is 18.6. The molecule has 0 aliphatic carbocycles. The van der Waals surface area contributed by atoms with E-state index in [-0.39, 0.29) is 6.61 Å². The fourth-order valence-electron chi connectivity index (χ4n) is 0.751. The van der Waals surface area contributed by atoms with E-state index >= 15 is 0 Å². The molecule has 0 aromatic heterocycles. The van der Waals surface area contributed by atoms with Crippen LogP contribution in [0.2, 0.25) is 0 Å². The summed E-state index contributed by atoms with van der Waals surface area (Å²) in [6.07, 6.45) is 0.660. The molecule has 5 nitrogen and oxygen atoms in total. The molecule has 1 aliphatic heterocycles. The van der Waals surface area contributed by atoms with Crippen LogP contribution in [0.25, 0.3) is 0 Å². The molecule has 0 radical (unpaired) electrons. The first-order valence-electron chi connectivity index (χ1n) is 3.54. The van der Waals surface area contributed by atoms with Gasteiger partial charge in [0, 0.05) is 6.08 Å². The second kappa shape index (κ2) is 3.81. The summed E-state index contributed by atoms with van der Waals surface area (Å²) in [5.74, 6) is -1.34. The third-order valence-corrected chi connectivity index (χ3v) is 2.31. The third kappa shape index (κ3) is 2.93. The number of hydrogen-bond donors (Lipinski definition) is 0. The topological polar surface area (TPSA) is 69.7 Å². The lowest BCUT2D eigenvalue weighted by atomic mass is 10.3. The number of carbonyl (C=O) groups excluding carboxylic acids is 1. The first-order chi connectivity index (χ1) is 6.72. The lowest BCUT2D eigenvalue weighted by Gasteiger charge is -2.14. The Kier molecular flexibility index (Phi) is 3.05. The summed E-state index contributed by atoms with van der Waals surface area (Å²) in [6.45, 7) is -0.792. The van der Waals surface area contributed by atoms with Gasteiger partial charge in [-0.2, -0.15) is 21.6 Å². The highest BCUT2D eigenvalue weighted by Gasteiger charge is 2.49. The van der Waals surface area contributed by atoms with Crippen molar-refractivity contribution in [3.63, 3.8) is 0 Å². The van der Waals surface area contributed by atoms with Crippen LogP contribution in [0.5, 0.6) is 0 Å². The molecule has 0 aromatic carbocycles. The summed E-state index contributed by atoms with van der Waals surface area (Å²) in [7, 11) is -5.72. The lowest BCUT2D eigenvalue weighted by molar-refractivity contribution is -0.120. The zero-order valence-corrected chi connectivity index (χ0v) is 7.89. The molecule has 0 amide bonds. The SMILES string of the molecule is O=C1C=C(OS(=O)(=O)C(F)(F)F)COC1. The Balaban J connectivity index is 2.83. The van der Waals surface area contributed by atoms with Crippen LogP contribution in [0.4, 0.5) is 13.2 Å². The zero-order chi connectivity index (χ0) is 11.7. The van der Waals surface area contributed by atoms with Gasteiger partial charge in [0.05, 0.1) is 0 Å².